The van der Waals surface area contributed by atoms with Crippen molar-refractivity contribution in [1.29, 1.82) is 0 Å². The lowest BCUT2D eigenvalue weighted by Crippen LogP contribution is -2.52. The largest absolute Gasteiger partial charge is 0.355 e. The van der Waals surface area contributed by atoms with Gasteiger partial charge >= 0.3 is 0 Å². The molecule has 0 N–H and O–H groups in total. The molecule has 3 nitrogen and oxygen atoms in total. The van der Waals surface area contributed by atoms with E-state index in [0.717, 1.165) is 25.9 Å². The van der Waals surface area contributed by atoms with Gasteiger partial charge in [0.05, 0.1) is 0 Å². The zero-order valence-corrected chi connectivity index (χ0v) is 16.4. The molecule has 0 radical (unpaired) electrons. The van der Waals surface area contributed by atoms with Crippen LogP contribution in [0.1, 0.15) is 42.4 Å². The van der Waals surface area contributed by atoms with Crippen LogP contribution in [0.3, 0.4) is 0 Å². The molecule has 0 aliphatic carbocycles. The van der Waals surface area contributed by atoms with Crippen molar-refractivity contribution in [2.45, 2.75) is 50.4 Å². The van der Waals surface area contributed by atoms with E-state index in [1.54, 1.807) is 7.11 Å². The molecule has 0 saturated carbocycles. The van der Waals surface area contributed by atoms with Crippen LogP contribution in [0, 0.1) is 0 Å². The van der Waals surface area contributed by atoms with Gasteiger partial charge in [-0.25, -0.2) is 0 Å². The molecule has 144 valence electrons. The second-order valence-corrected chi connectivity index (χ2v) is 7.96. The van der Waals surface area contributed by atoms with Crippen molar-refractivity contribution in [2.24, 2.45) is 0 Å². The molecule has 2 aromatic rings. The average Bonchev–Trinajstić information content (AvgIpc) is 2.72. The Balaban J connectivity index is 1.38. The van der Waals surface area contributed by atoms with Gasteiger partial charge in [0.1, 0.15) is 5.60 Å². The standard InChI is InChI=1S/C24H31NO2/c1-26-23-18-21-13-5-6-14-22(21)24(27-23)15-9-17-25(19-24)16-8-7-12-20-10-3-2-4-11-20/h2-6,10-11,13-14,23H,7-9,12,15-19H2,1H3. The number of nitrogens with zero attached hydrogens (tertiary/aromatic N) is 1. The number of aryl methyl sites for hydroxylation is 1. The third-order valence-electron chi connectivity index (χ3n) is 6.08. The van der Waals surface area contributed by atoms with E-state index in [1.807, 2.05) is 0 Å². The molecule has 2 aliphatic rings. The summed E-state index contributed by atoms with van der Waals surface area (Å²) in [4.78, 5) is 2.60. The molecule has 2 unspecified atom stereocenters. The lowest BCUT2D eigenvalue weighted by molar-refractivity contribution is -0.228. The van der Waals surface area contributed by atoms with E-state index in [1.165, 1.54) is 48.9 Å². The maximum Gasteiger partial charge on any atom is 0.162 e. The minimum Gasteiger partial charge on any atom is -0.355 e. The van der Waals surface area contributed by atoms with Crippen LogP contribution in [-0.2, 0) is 27.9 Å². The maximum atomic E-state index is 6.53. The first-order valence-electron chi connectivity index (χ1n) is 10.3. The number of piperidine rings is 1. The van der Waals surface area contributed by atoms with Crippen molar-refractivity contribution in [3.8, 4) is 0 Å². The topological polar surface area (TPSA) is 21.7 Å². The summed E-state index contributed by atoms with van der Waals surface area (Å²) in [7, 11) is 1.76. The van der Waals surface area contributed by atoms with Crippen molar-refractivity contribution >= 4 is 0 Å². The fraction of sp³-hybridized carbons (Fsp3) is 0.500. The van der Waals surface area contributed by atoms with Crippen LogP contribution < -0.4 is 0 Å². The first-order valence-corrected chi connectivity index (χ1v) is 10.3. The smallest absolute Gasteiger partial charge is 0.162 e. The van der Waals surface area contributed by atoms with Gasteiger partial charge in [-0.05, 0) is 61.9 Å². The first-order chi connectivity index (χ1) is 13.3. The molecular formula is C24H31NO2. The van der Waals surface area contributed by atoms with Crippen LogP contribution in [0.25, 0.3) is 0 Å². The van der Waals surface area contributed by atoms with Crippen molar-refractivity contribution in [2.75, 3.05) is 26.7 Å². The summed E-state index contributed by atoms with van der Waals surface area (Å²) in [5.74, 6) is 0. The van der Waals surface area contributed by atoms with Gasteiger partial charge in [0, 0.05) is 20.1 Å². The van der Waals surface area contributed by atoms with E-state index in [0.29, 0.717) is 0 Å². The van der Waals surface area contributed by atoms with Crippen LogP contribution in [-0.4, -0.2) is 37.9 Å². The summed E-state index contributed by atoms with van der Waals surface area (Å²) in [5, 5.41) is 0. The molecule has 0 bridgehead atoms. The summed E-state index contributed by atoms with van der Waals surface area (Å²) in [6, 6.07) is 19.6. The minimum atomic E-state index is -0.201. The third-order valence-corrected chi connectivity index (χ3v) is 6.08. The van der Waals surface area contributed by atoms with Crippen LogP contribution >= 0.6 is 0 Å². The Morgan fingerprint density at radius 2 is 1.89 bits per heavy atom. The maximum absolute atomic E-state index is 6.53. The second kappa shape index (κ2) is 8.55. The van der Waals surface area contributed by atoms with Gasteiger partial charge in [0.25, 0.3) is 0 Å². The van der Waals surface area contributed by atoms with E-state index in [4.69, 9.17) is 9.47 Å². The molecule has 0 aromatic heterocycles. The molecule has 1 fully saturated rings. The van der Waals surface area contributed by atoms with Crippen LogP contribution in [0.15, 0.2) is 54.6 Å². The predicted octanol–water partition coefficient (Wildman–Crippen LogP) is 4.55. The highest BCUT2D eigenvalue weighted by molar-refractivity contribution is 5.35. The Bertz CT molecular complexity index is 732. The monoisotopic (exact) mass is 365 g/mol. The number of fused-ring (bicyclic) bond motifs is 2. The highest BCUT2D eigenvalue weighted by Crippen LogP contribution is 2.42. The van der Waals surface area contributed by atoms with Gasteiger partial charge < -0.3 is 14.4 Å². The van der Waals surface area contributed by atoms with Gasteiger partial charge in [-0.1, -0.05) is 54.6 Å². The lowest BCUT2D eigenvalue weighted by Gasteiger charge is -2.48. The molecule has 3 heteroatoms. The van der Waals surface area contributed by atoms with Gasteiger partial charge in [-0.15, -0.1) is 0 Å². The highest BCUT2D eigenvalue weighted by Gasteiger charge is 2.44. The van der Waals surface area contributed by atoms with Crippen molar-refractivity contribution in [3.05, 3.63) is 71.3 Å². The number of hydrogen-bond acceptors (Lipinski definition) is 3. The van der Waals surface area contributed by atoms with E-state index in [2.05, 4.69) is 59.5 Å². The van der Waals surface area contributed by atoms with Crippen LogP contribution in [0.2, 0.25) is 0 Å². The van der Waals surface area contributed by atoms with Gasteiger partial charge in [-0.3, -0.25) is 0 Å². The minimum absolute atomic E-state index is 0.127. The van der Waals surface area contributed by atoms with Gasteiger partial charge in [0.2, 0.25) is 0 Å². The molecule has 2 heterocycles. The Labute approximate surface area is 163 Å². The van der Waals surface area contributed by atoms with Crippen molar-refractivity contribution in [1.82, 2.24) is 4.90 Å². The summed E-state index contributed by atoms with van der Waals surface area (Å²) >= 11 is 0. The fourth-order valence-corrected chi connectivity index (χ4v) is 4.73. The predicted molar refractivity (Wildman–Crippen MR) is 109 cm³/mol. The fourth-order valence-electron chi connectivity index (χ4n) is 4.73. The van der Waals surface area contributed by atoms with E-state index >= 15 is 0 Å². The number of hydrogen-bond donors (Lipinski definition) is 0. The zero-order valence-electron chi connectivity index (χ0n) is 16.4. The van der Waals surface area contributed by atoms with Gasteiger partial charge in [0.15, 0.2) is 6.29 Å². The Morgan fingerprint density at radius 1 is 1.07 bits per heavy atom. The summed E-state index contributed by atoms with van der Waals surface area (Å²) in [6.07, 6.45) is 6.65. The van der Waals surface area contributed by atoms with E-state index in [-0.39, 0.29) is 11.9 Å². The van der Waals surface area contributed by atoms with Crippen LogP contribution in [0.4, 0.5) is 0 Å². The van der Waals surface area contributed by atoms with Crippen LogP contribution in [0.5, 0.6) is 0 Å². The SMILES string of the molecule is COC1Cc2ccccc2C2(CCCN(CCCCc3ccccc3)C2)O1. The molecule has 2 atom stereocenters. The van der Waals surface area contributed by atoms with Gasteiger partial charge in [-0.2, -0.15) is 0 Å². The Kier molecular flexibility index (Phi) is 5.92. The van der Waals surface area contributed by atoms with E-state index < -0.39 is 0 Å². The van der Waals surface area contributed by atoms with Crippen molar-refractivity contribution in [3.63, 3.8) is 0 Å². The molecule has 2 aromatic carbocycles. The normalized spacial score (nSPS) is 25.4. The number of likely N-dealkylation sites (tertiary alicyclic amines) is 1. The molecule has 4 rings (SSSR count). The first kappa shape index (κ1) is 18.7. The molecule has 1 saturated heterocycles. The summed E-state index contributed by atoms with van der Waals surface area (Å²) in [5.41, 5.74) is 4.02. The summed E-state index contributed by atoms with van der Waals surface area (Å²) < 4.78 is 12.2. The molecule has 0 amide bonds. The Morgan fingerprint density at radius 3 is 2.74 bits per heavy atom. The lowest BCUT2D eigenvalue weighted by atomic mass is 9.80. The summed E-state index contributed by atoms with van der Waals surface area (Å²) in [6.45, 7) is 3.31. The number of ether oxygens (including phenoxy) is 2. The second-order valence-electron chi connectivity index (χ2n) is 7.96. The zero-order chi connectivity index (χ0) is 18.5. The molecule has 1 spiro atoms. The van der Waals surface area contributed by atoms with E-state index in [9.17, 15) is 0 Å². The highest BCUT2D eigenvalue weighted by atomic mass is 16.7. The number of benzene rings is 2. The number of methoxy groups -OCH3 is 1. The molecule has 2 aliphatic heterocycles. The number of unbranched alkanes of at least 4 members (excludes halogenated alkanes) is 1. The van der Waals surface area contributed by atoms with Crippen molar-refractivity contribution < 1.29 is 9.47 Å². The average molecular weight is 366 g/mol. The number of rotatable bonds is 6. The third kappa shape index (κ3) is 4.26. The molecule has 27 heavy (non-hydrogen) atoms. The molecular weight excluding hydrogens is 334 g/mol. The Hall–Kier alpha value is -1.68. The quantitative estimate of drug-likeness (QED) is 0.701.